The number of nitrogens with zero attached hydrogens (tertiary/aromatic N) is 2. The molecule has 18 heavy (non-hydrogen) atoms. The first-order valence-corrected chi connectivity index (χ1v) is 7.58. The van der Waals surface area contributed by atoms with Gasteiger partial charge in [0.05, 0.1) is 6.10 Å². The van der Waals surface area contributed by atoms with E-state index < -0.39 is 0 Å². The van der Waals surface area contributed by atoms with Gasteiger partial charge in [0, 0.05) is 37.8 Å². The van der Waals surface area contributed by atoms with Crippen LogP contribution in [0.15, 0.2) is 6.20 Å². The van der Waals surface area contributed by atoms with Crippen LogP contribution in [0.3, 0.4) is 0 Å². The first-order chi connectivity index (χ1) is 8.83. The molecule has 2 rings (SSSR count). The Balaban J connectivity index is 1.88. The van der Waals surface area contributed by atoms with Crippen molar-refractivity contribution >= 4 is 16.5 Å². The van der Waals surface area contributed by atoms with Crippen molar-refractivity contribution in [3.05, 3.63) is 11.1 Å². The third kappa shape index (κ3) is 3.67. The SMILES string of the molecule is CCCNCc1cnc(N2CCCC(OC)C2)s1. The van der Waals surface area contributed by atoms with Crippen molar-refractivity contribution in [1.29, 1.82) is 0 Å². The van der Waals surface area contributed by atoms with Gasteiger partial charge in [-0.05, 0) is 25.8 Å². The number of hydrogen-bond donors (Lipinski definition) is 1. The summed E-state index contributed by atoms with van der Waals surface area (Å²) in [4.78, 5) is 8.21. The van der Waals surface area contributed by atoms with Gasteiger partial charge in [-0.2, -0.15) is 0 Å². The molecule has 2 heterocycles. The van der Waals surface area contributed by atoms with Crippen molar-refractivity contribution in [2.24, 2.45) is 0 Å². The number of thiazole rings is 1. The summed E-state index contributed by atoms with van der Waals surface area (Å²) in [6.45, 7) is 6.28. The maximum atomic E-state index is 5.45. The Morgan fingerprint density at radius 2 is 2.50 bits per heavy atom. The van der Waals surface area contributed by atoms with E-state index in [1.807, 2.05) is 6.20 Å². The molecular weight excluding hydrogens is 246 g/mol. The van der Waals surface area contributed by atoms with E-state index in [1.54, 1.807) is 18.4 Å². The van der Waals surface area contributed by atoms with E-state index in [2.05, 4.69) is 22.1 Å². The zero-order valence-corrected chi connectivity index (χ0v) is 12.1. The lowest BCUT2D eigenvalue weighted by molar-refractivity contribution is 0.0893. The molecule has 1 N–H and O–H groups in total. The van der Waals surface area contributed by atoms with Crippen LogP contribution in [0.2, 0.25) is 0 Å². The molecule has 0 aromatic carbocycles. The molecule has 1 saturated heterocycles. The highest BCUT2D eigenvalue weighted by Gasteiger charge is 2.21. The summed E-state index contributed by atoms with van der Waals surface area (Å²) in [5.41, 5.74) is 0. The van der Waals surface area contributed by atoms with Crippen molar-refractivity contribution in [3.8, 4) is 0 Å². The van der Waals surface area contributed by atoms with Gasteiger partial charge < -0.3 is 15.0 Å². The summed E-state index contributed by atoms with van der Waals surface area (Å²) in [7, 11) is 1.80. The molecule has 1 atom stereocenters. The largest absolute Gasteiger partial charge is 0.380 e. The number of methoxy groups -OCH3 is 1. The third-order valence-electron chi connectivity index (χ3n) is 3.25. The van der Waals surface area contributed by atoms with Crippen molar-refractivity contribution in [3.63, 3.8) is 0 Å². The number of anilines is 1. The number of piperidine rings is 1. The molecule has 0 aliphatic carbocycles. The maximum absolute atomic E-state index is 5.45. The molecule has 1 aliphatic heterocycles. The van der Waals surface area contributed by atoms with Crippen molar-refractivity contribution in [1.82, 2.24) is 10.3 Å². The second-order valence-corrected chi connectivity index (χ2v) is 5.83. The normalized spacial score (nSPS) is 20.3. The lowest BCUT2D eigenvalue weighted by Crippen LogP contribution is -2.39. The molecule has 0 spiro atoms. The molecule has 102 valence electrons. The average Bonchev–Trinajstić information content (AvgIpc) is 2.88. The van der Waals surface area contributed by atoms with Gasteiger partial charge in [0.2, 0.25) is 0 Å². The van der Waals surface area contributed by atoms with Crippen LogP contribution in [-0.2, 0) is 11.3 Å². The lowest BCUT2D eigenvalue weighted by atomic mass is 10.1. The second kappa shape index (κ2) is 7.07. The molecule has 0 radical (unpaired) electrons. The fraction of sp³-hybridized carbons (Fsp3) is 0.769. The summed E-state index contributed by atoms with van der Waals surface area (Å²) in [5, 5.41) is 4.56. The van der Waals surface area contributed by atoms with Crippen LogP contribution in [0.25, 0.3) is 0 Å². The summed E-state index contributed by atoms with van der Waals surface area (Å²) < 4.78 is 5.45. The minimum Gasteiger partial charge on any atom is -0.380 e. The van der Waals surface area contributed by atoms with E-state index in [0.29, 0.717) is 6.10 Å². The number of aromatic nitrogens is 1. The first-order valence-electron chi connectivity index (χ1n) is 6.76. The van der Waals surface area contributed by atoms with Gasteiger partial charge in [-0.3, -0.25) is 0 Å². The highest BCUT2D eigenvalue weighted by atomic mass is 32.1. The lowest BCUT2D eigenvalue weighted by Gasteiger charge is -2.31. The van der Waals surface area contributed by atoms with Gasteiger partial charge in [-0.1, -0.05) is 6.92 Å². The highest BCUT2D eigenvalue weighted by molar-refractivity contribution is 7.15. The standard InChI is InChI=1S/C13H23N3OS/c1-3-6-14-8-12-9-15-13(18-12)16-7-4-5-11(10-16)17-2/h9,11,14H,3-8,10H2,1-2H3. The molecule has 4 nitrogen and oxygen atoms in total. The Kier molecular flexibility index (Phi) is 5.41. The quantitative estimate of drug-likeness (QED) is 0.804. The fourth-order valence-electron chi connectivity index (χ4n) is 2.22. The van der Waals surface area contributed by atoms with Gasteiger partial charge in [-0.15, -0.1) is 11.3 Å². The van der Waals surface area contributed by atoms with Crippen LogP contribution in [0.4, 0.5) is 5.13 Å². The summed E-state index contributed by atoms with van der Waals surface area (Å²) >= 11 is 1.80. The van der Waals surface area contributed by atoms with Crippen molar-refractivity contribution in [2.75, 3.05) is 31.6 Å². The van der Waals surface area contributed by atoms with E-state index in [-0.39, 0.29) is 0 Å². The van der Waals surface area contributed by atoms with Crippen molar-refractivity contribution in [2.45, 2.75) is 38.8 Å². The topological polar surface area (TPSA) is 37.4 Å². The number of ether oxygens (including phenoxy) is 1. The van der Waals surface area contributed by atoms with Crippen LogP contribution >= 0.6 is 11.3 Å². The molecule has 1 unspecified atom stereocenters. The Labute approximate surface area is 113 Å². The number of nitrogens with one attached hydrogen (secondary N) is 1. The first kappa shape index (κ1) is 13.8. The van der Waals surface area contributed by atoms with Crippen LogP contribution in [0, 0.1) is 0 Å². The highest BCUT2D eigenvalue weighted by Crippen LogP contribution is 2.26. The molecule has 1 aromatic rings. The van der Waals surface area contributed by atoms with Crippen LogP contribution in [-0.4, -0.2) is 37.8 Å². The predicted molar refractivity (Wildman–Crippen MR) is 76.4 cm³/mol. The maximum Gasteiger partial charge on any atom is 0.185 e. The van der Waals surface area contributed by atoms with Crippen LogP contribution in [0.5, 0.6) is 0 Å². The fourth-order valence-corrected chi connectivity index (χ4v) is 3.13. The minimum atomic E-state index is 0.365. The molecule has 5 heteroatoms. The van der Waals surface area contributed by atoms with E-state index in [4.69, 9.17) is 4.74 Å². The molecule has 0 bridgehead atoms. The molecule has 1 aromatic heterocycles. The summed E-state index contributed by atoms with van der Waals surface area (Å²) in [6.07, 6.45) is 5.90. The molecular formula is C13H23N3OS. The zero-order valence-electron chi connectivity index (χ0n) is 11.3. The summed E-state index contributed by atoms with van der Waals surface area (Å²) in [5.74, 6) is 0. The monoisotopic (exact) mass is 269 g/mol. The van der Waals surface area contributed by atoms with Gasteiger partial charge in [0.1, 0.15) is 0 Å². The summed E-state index contributed by atoms with van der Waals surface area (Å²) in [6, 6.07) is 0. The Bertz CT molecular complexity index is 356. The van der Waals surface area contributed by atoms with Crippen molar-refractivity contribution < 1.29 is 4.74 Å². The molecule has 1 aliphatic rings. The van der Waals surface area contributed by atoms with E-state index in [0.717, 1.165) is 31.3 Å². The van der Waals surface area contributed by atoms with E-state index >= 15 is 0 Å². The Hall–Kier alpha value is -0.650. The molecule has 1 fully saturated rings. The third-order valence-corrected chi connectivity index (χ3v) is 4.31. The van der Waals surface area contributed by atoms with Gasteiger partial charge in [0.15, 0.2) is 5.13 Å². The zero-order chi connectivity index (χ0) is 12.8. The van der Waals surface area contributed by atoms with Gasteiger partial charge >= 0.3 is 0 Å². The van der Waals surface area contributed by atoms with Gasteiger partial charge in [0.25, 0.3) is 0 Å². The van der Waals surface area contributed by atoms with Crippen LogP contribution in [0.1, 0.15) is 31.1 Å². The average molecular weight is 269 g/mol. The second-order valence-electron chi connectivity index (χ2n) is 4.73. The number of rotatable bonds is 6. The van der Waals surface area contributed by atoms with Gasteiger partial charge in [-0.25, -0.2) is 4.98 Å². The van der Waals surface area contributed by atoms with E-state index in [1.165, 1.54) is 24.1 Å². The number of hydrogen-bond acceptors (Lipinski definition) is 5. The molecule has 0 amide bonds. The minimum absolute atomic E-state index is 0.365. The Morgan fingerprint density at radius 1 is 1.61 bits per heavy atom. The van der Waals surface area contributed by atoms with Crippen LogP contribution < -0.4 is 10.2 Å². The smallest absolute Gasteiger partial charge is 0.185 e. The predicted octanol–water partition coefficient (Wildman–Crippen LogP) is 2.26. The van der Waals surface area contributed by atoms with E-state index in [9.17, 15) is 0 Å². The Morgan fingerprint density at radius 3 is 3.28 bits per heavy atom. The molecule has 0 saturated carbocycles.